The quantitative estimate of drug-likeness (QED) is 0.800. The number of ether oxygens (including phenoxy) is 1. The van der Waals surface area contributed by atoms with Crippen molar-refractivity contribution in [2.75, 3.05) is 17.7 Å². The lowest BCUT2D eigenvalue weighted by Gasteiger charge is -2.13. The average molecular weight is 260 g/mol. The minimum atomic E-state index is -0.440. The van der Waals surface area contributed by atoms with Crippen LogP contribution in [-0.4, -0.2) is 6.61 Å². The summed E-state index contributed by atoms with van der Waals surface area (Å²) < 4.78 is 19.0. The van der Waals surface area contributed by atoms with Crippen LogP contribution in [0.2, 0.25) is 0 Å². The van der Waals surface area contributed by atoms with Crippen LogP contribution >= 0.6 is 0 Å². The molecule has 0 radical (unpaired) electrons. The normalized spacial score (nSPS) is 10.2. The highest BCUT2D eigenvalue weighted by atomic mass is 19.1. The Balaban J connectivity index is 2.24. The Labute approximate surface area is 112 Å². The summed E-state index contributed by atoms with van der Waals surface area (Å²) in [5.41, 5.74) is 7.69. The zero-order valence-electron chi connectivity index (χ0n) is 10.8. The molecule has 0 saturated heterocycles. The van der Waals surface area contributed by atoms with Gasteiger partial charge in [-0.15, -0.1) is 0 Å². The number of hydrogen-bond donors (Lipinski definition) is 2. The number of para-hydroxylation sites is 1. The van der Waals surface area contributed by atoms with Crippen LogP contribution in [0.25, 0.3) is 0 Å². The van der Waals surface area contributed by atoms with Crippen LogP contribution in [0.5, 0.6) is 5.75 Å². The summed E-state index contributed by atoms with van der Waals surface area (Å²) in [7, 11) is 0. The first-order chi connectivity index (χ1) is 9.20. The molecule has 3 N–H and O–H groups in total. The third-order valence-corrected chi connectivity index (χ3v) is 2.62. The summed E-state index contributed by atoms with van der Waals surface area (Å²) >= 11 is 0. The number of rotatable bonds is 5. The summed E-state index contributed by atoms with van der Waals surface area (Å²) in [6, 6.07) is 12.4. The molecule has 0 aliphatic rings. The summed E-state index contributed by atoms with van der Waals surface area (Å²) in [5.74, 6) is -0.223. The van der Waals surface area contributed by atoms with Gasteiger partial charge in [0.05, 0.1) is 18.0 Å². The zero-order chi connectivity index (χ0) is 13.7. The van der Waals surface area contributed by atoms with E-state index in [1.54, 1.807) is 6.07 Å². The van der Waals surface area contributed by atoms with Crippen LogP contribution in [0.3, 0.4) is 0 Å². The van der Waals surface area contributed by atoms with Gasteiger partial charge in [-0.3, -0.25) is 0 Å². The maximum atomic E-state index is 13.7. The number of benzene rings is 2. The second-order valence-electron chi connectivity index (χ2n) is 4.21. The van der Waals surface area contributed by atoms with Crippen LogP contribution in [0, 0.1) is 5.82 Å². The molecule has 0 bridgehead atoms. The lowest BCUT2D eigenvalue weighted by Crippen LogP contribution is -2.02. The highest BCUT2D eigenvalue weighted by Crippen LogP contribution is 2.30. The first kappa shape index (κ1) is 13.2. The molecule has 100 valence electrons. The van der Waals surface area contributed by atoms with Crippen LogP contribution in [0.15, 0.2) is 42.5 Å². The molecule has 0 aliphatic carbocycles. The smallest absolute Gasteiger partial charge is 0.167 e. The minimum absolute atomic E-state index is 0.217. The molecule has 0 spiro atoms. The van der Waals surface area contributed by atoms with E-state index in [0.717, 1.165) is 12.1 Å². The summed E-state index contributed by atoms with van der Waals surface area (Å²) in [6.45, 7) is 2.45. The number of halogens is 1. The van der Waals surface area contributed by atoms with Gasteiger partial charge in [0, 0.05) is 17.8 Å². The molecular formula is C15H17FN2O. The highest BCUT2D eigenvalue weighted by molar-refractivity contribution is 5.74. The van der Waals surface area contributed by atoms with Crippen LogP contribution < -0.4 is 15.8 Å². The monoisotopic (exact) mass is 260 g/mol. The van der Waals surface area contributed by atoms with Gasteiger partial charge in [0.25, 0.3) is 0 Å². The number of nitrogen functional groups attached to an aromatic ring is 1. The van der Waals surface area contributed by atoms with Gasteiger partial charge < -0.3 is 15.8 Å². The number of nitrogens with one attached hydrogen (secondary N) is 1. The van der Waals surface area contributed by atoms with E-state index in [1.165, 1.54) is 6.07 Å². The maximum absolute atomic E-state index is 13.7. The second-order valence-corrected chi connectivity index (χ2v) is 4.21. The average Bonchev–Trinajstić information content (AvgIpc) is 2.42. The molecule has 0 fully saturated rings. The molecule has 0 atom stereocenters. The van der Waals surface area contributed by atoms with Crippen LogP contribution in [0.4, 0.5) is 21.5 Å². The zero-order valence-corrected chi connectivity index (χ0v) is 10.8. The second kappa shape index (κ2) is 6.09. The fraction of sp³-hybridized carbons (Fsp3) is 0.200. The third kappa shape index (κ3) is 3.37. The van der Waals surface area contributed by atoms with Gasteiger partial charge in [-0.25, -0.2) is 4.39 Å². The first-order valence-electron chi connectivity index (χ1n) is 6.24. The van der Waals surface area contributed by atoms with E-state index < -0.39 is 5.82 Å². The first-order valence-corrected chi connectivity index (χ1v) is 6.24. The summed E-state index contributed by atoms with van der Waals surface area (Å²) in [6.07, 6.45) is 0.825. The molecule has 2 aromatic rings. The van der Waals surface area contributed by atoms with Crippen molar-refractivity contribution in [2.45, 2.75) is 13.3 Å². The highest BCUT2D eigenvalue weighted by Gasteiger charge is 2.09. The molecule has 3 nitrogen and oxygen atoms in total. The molecule has 0 aliphatic heterocycles. The van der Waals surface area contributed by atoms with E-state index in [9.17, 15) is 4.39 Å². The number of hydrogen-bond acceptors (Lipinski definition) is 3. The van der Waals surface area contributed by atoms with Crippen molar-refractivity contribution >= 4 is 17.1 Å². The molecule has 4 heteroatoms. The van der Waals surface area contributed by atoms with Crippen LogP contribution in [-0.2, 0) is 0 Å². The fourth-order valence-electron chi connectivity index (χ4n) is 1.68. The molecule has 0 unspecified atom stereocenters. The van der Waals surface area contributed by atoms with Crippen molar-refractivity contribution < 1.29 is 9.13 Å². The molecule has 0 heterocycles. The Morgan fingerprint density at radius 3 is 2.63 bits per heavy atom. The van der Waals surface area contributed by atoms with Gasteiger partial charge in [0.1, 0.15) is 0 Å². The van der Waals surface area contributed by atoms with E-state index in [0.29, 0.717) is 18.0 Å². The predicted octanol–water partition coefficient (Wildman–Crippen LogP) is 3.94. The van der Waals surface area contributed by atoms with E-state index in [4.69, 9.17) is 10.5 Å². The molecule has 0 saturated carbocycles. The molecule has 2 aromatic carbocycles. The predicted molar refractivity (Wildman–Crippen MR) is 76.3 cm³/mol. The lowest BCUT2D eigenvalue weighted by atomic mass is 10.2. The van der Waals surface area contributed by atoms with Crippen molar-refractivity contribution in [1.82, 2.24) is 0 Å². The van der Waals surface area contributed by atoms with Gasteiger partial charge in [-0.05, 0) is 18.6 Å². The van der Waals surface area contributed by atoms with Crippen molar-refractivity contribution in [2.24, 2.45) is 0 Å². The Morgan fingerprint density at radius 2 is 1.95 bits per heavy atom. The topological polar surface area (TPSA) is 47.3 Å². The molecule has 0 amide bonds. The van der Waals surface area contributed by atoms with Crippen molar-refractivity contribution in [3.8, 4) is 5.75 Å². The van der Waals surface area contributed by atoms with Crippen molar-refractivity contribution in [3.63, 3.8) is 0 Å². The Bertz CT molecular complexity index is 543. The van der Waals surface area contributed by atoms with Crippen molar-refractivity contribution in [3.05, 3.63) is 48.3 Å². The number of anilines is 3. The Morgan fingerprint density at radius 1 is 1.21 bits per heavy atom. The fourth-order valence-corrected chi connectivity index (χ4v) is 1.68. The molecule has 0 aromatic heterocycles. The Kier molecular flexibility index (Phi) is 4.23. The summed E-state index contributed by atoms with van der Waals surface area (Å²) in [5, 5.41) is 3.14. The maximum Gasteiger partial charge on any atom is 0.167 e. The standard InChI is InChI=1S/C15H17FN2O/c1-2-8-19-15-10-14(13(17)9-12(15)16)18-11-6-4-3-5-7-11/h3-7,9-10,18H,2,8,17H2,1H3. The van der Waals surface area contributed by atoms with E-state index in [-0.39, 0.29) is 5.75 Å². The van der Waals surface area contributed by atoms with E-state index in [2.05, 4.69) is 5.32 Å². The SMILES string of the molecule is CCCOc1cc(Nc2ccccc2)c(N)cc1F. The van der Waals surface area contributed by atoms with Gasteiger partial charge in [-0.1, -0.05) is 25.1 Å². The van der Waals surface area contributed by atoms with E-state index >= 15 is 0 Å². The van der Waals surface area contributed by atoms with Crippen LogP contribution in [0.1, 0.15) is 13.3 Å². The van der Waals surface area contributed by atoms with E-state index in [1.807, 2.05) is 37.3 Å². The van der Waals surface area contributed by atoms with Gasteiger partial charge >= 0.3 is 0 Å². The minimum Gasteiger partial charge on any atom is -0.490 e. The summed E-state index contributed by atoms with van der Waals surface area (Å²) in [4.78, 5) is 0. The Hall–Kier alpha value is -2.23. The van der Waals surface area contributed by atoms with Crippen molar-refractivity contribution in [1.29, 1.82) is 0 Å². The molecular weight excluding hydrogens is 243 g/mol. The van der Waals surface area contributed by atoms with Gasteiger partial charge in [0.15, 0.2) is 11.6 Å². The largest absolute Gasteiger partial charge is 0.490 e. The molecule has 2 rings (SSSR count). The van der Waals surface area contributed by atoms with Gasteiger partial charge in [-0.2, -0.15) is 0 Å². The lowest BCUT2D eigenvalue weighted by molar-refractivity contribution is 0.301. The van der Waals surface area contributed by atoms with Gasteiger partial charge in [0.2, 0.25) is 0 Å². The molecule has 19 heavy (non-hydrogen) atoms. The number of nitrogens with two attached hydrogens (primary N) is 1. The third-order valence-electron chi connectivity index (χ3n) is 2.62.